The van der Waals surface area contributed by atoms with Crippen molar-refractivity contribution >= 4 is 16.6 Å². The van der Waals surface area contributed by atoms with Crippen LogP contribution < -0.4 is 10.1 Å². The van der Waals surface area contributed by atoms with Gasteiger partial charge in [0.1, 0.15) is 5.75 Å². The van der Waals surface area contributed by atoms with Crippen LogP contribution in [0.15, 0.2) is 24.4 Å². The molecule has 0 fully saturated rings. The maximum Gasteiger partial charge on any atom is 0.119 e. The fourth-order valence-electron chi connectivity index (χ4n) is 1.36. The molecule has 1 aromatic heterocycles. The van der Waals surface area contributed by atoms with Crippen LogP contribution in [0, 0.1) is 0 Å². The van der Waals surface area contributed by atoms with Crippen LogP contribution in [0.25, 0.3) is 10.9 Å². The third-order valence-electron chi connectivity index (χ3n) is 2.12. The van der Waals surface area contributed by atoms with Crippen LogP contribution >= 0.6 is 0 Å². The molecule has 0 unspecified atom stereocenters. The van der Waals surface area contributed by atoms with Crippen molar-refractivity contribution in [3.8, 4) is 5.75 Å². The number of nitrogens with one attached hydrogen (secondary N) is 1. The van der Waals surface area contributed by atoms with E-state index in [0.29, 0.717) is 0 Å². The van der Waals surface area contributed by atoms with Crippen LogP contribution in [0.4, 0.5) is 5.69 Å². The van der Waals surface area contributed by atoms with E-state index in [1.54, 1.807) is 13.3 Å². The lowest BCUT2D eigenvalue weighted by molar-refractivity contribution is 0.415. The van der Waals surface area contributed by atoms with Gasteiger partial charge in [-0.25, -0.2) is 0 Å². The van der Waals surface area contributed by atoms with Gasteiger partial charge in [0, 0.05) is 12.4 Å². The van der Waals surface area contributed by atoms with Crippen molar-refractivity contribution in [1.29, 1.82) is 0 Å². The fourth-order valence-corrected chi connectivity index (χ4v) is 1.36. The molecule has 0 saturated carbocycles. The molecule has 2 rings (SSSR count). The monoisotopic (exact) mass is 189 g/mol. The molecule has 0 atom stereocenters. The molecule has 0 spiro atoms. The van der Waals surface area contributed by atoms with Gasteiger partial charge >= 0.3 is 0 Å². The maximum absolute atomic E-state index is 5.15. The van der Waals surface area contributed by atoms with E-state index in [2.05, 4.69) is 15.5 Å². The van der Waals surface area contributed by atoms with Gasteiger partial charge in [0.05, 0.1) is 24.5 Å². The van der Waals surface area contributed by atoms with Gasteiger partial charge in [-0.15, -0.1) is 0 Å². The maximum atomic E-state index is 5.15. The highest BCUT2D eigenvalue weighted by Crippen LogP contribution is 2.24. The zero-order valence-electron chi connectivity index (χ0n) is 8.11. The van der Waals surface area contributed by atoms with Crippen LogP contribution in [-0.2, 0) is 0 Å². The highest BCUT2D eigenvalue weighted by Gasteiger charge is 2.02. The molecule has 1 aromatic carbocycles. The second-order valence-corrected chi connectivity index (χ2v) is 2.89. The van der Waals surface area contributed by atoms with E-state index >= 15 is 0 Å². The Morgan fingerprint density at radius 2 is 2.21 bits per heavy atom. The minimum atomic E-state index is 0.821. The van der Waals surface area contributed by atoms with Crippen LogP contribution in [0.1, 0.15) is 0 Å². The summed E-state index contributed by atoms with van der Waals surface area (Å²) in [5.74, 6) is 0.821. The Balaban J connectivity index is 2.70. The normalized spacial score (nSPS) is 10.1. The lowest BCUT2D eigenvalue weighted by Gasteiger charge is -2.05. The lowest BCUT2D eigenvalue weighted by Crippen LogP contribution is -1.93. The molecule has 72 valence electrons. The van der Waals surface area contributed by atoms with Crippen molar-refractivity contribution < 1.29 is 4.74 Å². The summed E-state index contributed by atoms with van der Waals surface area (Å²) in [4.78, 5) is 0. The molecular formula is C10H11N3O. The molecule has 4 nitrogen and oxygen atoms in total. The zero-order chi connectivity index (χ0) is 9.97. The third-order valence-corrected chi connectivity index (χ3v) is 2.12. The van der Waals surface area contributed by atoms with E-state index in [1.807, 2.05) is 25.2 Å². The molecule has 0 bridgehead atoms. The topological polar surface area (TPSA) is 47.0 Å². The van der Waals surface area contributed by atoms with Crippen LogP contribution in [0.3, 0.4) is 0 Å². The van der Waals surface area contributed by atoms with Crippen molar-refractivity contribution in [3.63, 3.8) is 0 Å². The van der Waals surface area contributed by atoms with E-state index < -0.39 is 0 Å². The Morgan fingerprint density at radius 3 is 2.93 bits per heavy atom. The third kappa shape index (κ3) is 1.35. The molecule has 0 aliphatic rings. The average Bonchev–Trinajstić information content (AvgIpc) is 2.27. The minimum Gasteiger partial charge on any atom is -0.497 e. The Bertz CT molecular complexity index is 456. The molecule has 0 aliphatic carbocycles. The summed E-state index contributed by atoms with van der Waals surface area (Å²) in [6, 6.07) is 5.70. The second-order valence-electron chi connectivity index (χ2n) is 2.89. The van der Waals surface area contributed by atoms with E-state index in [4.69, 9.17) is 4.74 Å². The minimum absolute atomic E-state index is 0.821. The Morgan fingerprint density at radius 1 is 1.36 bits per heavy atom. The van der Waals surface area contributed by atoms with Crippen LogP contribution in [0.2, 0.25) is 0 Å². The van der Waals surface area contributed by atoms with Crippen molar-refractivity contribution in [2.75, 3.05) is 19.5 Å². The number of anilines is 1. The van der Waals surface area contributed by atoms with Crippen molar-refractivity contribution in [2.45, 2.75) is 0 Å². The van der Waals surface area contributed by atoms with E-state index in [0.717, 1.165) is 22.3 Å². The number of fused-ring (bicyclic) bond motifs is 1. The summed E-state index contributed by atoms with van der Waals surface area (Å²) >= 11 is 0. The summed E-state index contributed by atoms with van der Waals surface area (Å²) in [5.41, 5.74) is 1.81. The molecule has 14 heavy (non-hydrogen) atoms. The van der Waals surface area contributed by atoms with Gasteiger partial charge in [0.2, 0.25) is 0 Å². The van der Waals surface area contributed by atoms with Gasteiger partial charge in [-0.2, -0.15) is 10.2 Å². The number of methoxy groups -OCH3 is 1. The summed E-state index contributed by atoms with van der Waals surface area (Å²) in [5, 5.41) is 12.0. The zero-order valence-corrected chi connectivity index (χ0v) is 8.11. The predicted molar refractivity (Wildman–Crippen MR) is 55.6 cm³/mol. The molecule has 2 aromatic rings. The van der Waals surface area contributed by atoms with Gasteiger partial charge in [0.15, 0.2) is 0 Å². The second kappa shape index (κ2) is 3.49. The number of ether oxygens (including phenoxy) is 1. The average molecular weight is 189 g/mol. The van der Waals surface area contributed by atoms with Gasteiger partial charge < -0.3 is 10.1 Å². The molecular weight excluding hydrogens is 178 g/mol. The molecule has 0 radical (unpaired) electrons. The number of hydrogen-bond donors (Lipinski definition) is 1. The smallest absolute Gasteiger partial charge is 0.119 e. The van der Waals surface area contributed by atoms with E-state index in [9.17, 15) is 0 Å². The number of benzene rings is 1. The van der Waals surface area contributed by atoms with Crippen molar-refractivity contribution in [2.24, 2.45) is 0 Å². The summed E-state index contributed by atoms with van der Waals surface area (Å²) in [6.45, 7) is 0. The molecule has 4 heteroatoms. The van der Waals surface area contributed by atoms with Crippen molar-refractivity contribution in [1.82, 2.24) is 10.2 Å². The Hall–Kier alpha value is -1.84. The van der Waals surface area contributed by atoms with Gasteiger partial charge in [-0.05, 0) is 18.2 Å². The SMILES string of the molecule is CNc1cnnc2ccc(OC)cc12. The summed E-state index contributed by atoms with van der Waals surface area (Å²) in [7, 11) is 3.50. The highest BCUT2D eigenvalue weighted by molar-refractivity contribution is 5.91. The largest absolute Gasteiger partial charge is 0.497 e. The molecule has 0 amide bonds. The molecule has 0 aliphatic heterocycles. The predicted octanol–water partition coefficient (Wildman–Crippen LogP) is 1.68. The number of aromatic nitrogens is 2. The highest BCUT2D eigenvalue weighted by atomic mass is 16.5. The molecule has 0 saturated heterocycles. The van der Waals surface area contributed by atoms with Gasteiger partial charge in [-0.3, -0.25) is 0 Å². The number of nitrogens with zero attached hydrogens (tertiary/aromatic N) is 2. The first kappa shape index (κ1) is 8.74. The van der Waals surface area contributed by atoms with Crippen LogP contribution in [0.5, 0.6) is 5.75 Å². The van der Waals surface area contributed by atoms with Crippen LogP contribution in [-0.4, -0.2) is 24.4 Å². The van der Waals surface area contributed by atoms with E-state index in [-0.39, 0.29) is 0 Å². The first-order valence-electron chi connectivity index (χ1n) is 4.32. The Labute approximate surface area is 81.9 Å². The standard InChI is InChI=1S/C10H11N3O/c1-11-10-6-12-13-9-4-3-7(14-2)5-8(9)10/h3-6H,1-2H3,(H,11,13). The quantitative estimate of drug-likeness (QED) is 0.780. The lowest BCUT2D eigenvalue weighted by atomic mass is 10.2. The van der Waals surface area contributed by atoms with Gasteiger partial charge in [-0.1, -0.05) is 0 Å². The molecule has 1 heterocycles. The first-order valence-corrected chi connectivity index (χ1v) is 4.32. The summed E-state index contributed by atoms with van der Waals surface area (Å²) in [6.07, 6.45) is 1.70. The first-order chi connectivity index (χ1) is 6.85. The van der Waals surface area contributed by atoms with E-state index in [1.165, 1.54) is 0 Å². The Kier molecular flexibility index (Phi) is 2.18. The van der Waals surface area contributed by atoms with Gasteiger partial charge in [0.25, 0.3) is 0 Å². The van der Waals surface area contributed by atoms with Crippen molar-refractivity contribution in [3.05, 3.63) is 24.4 Å². The number of hydrogen-bond acceptors (Lipinski definition) is 4. The fraction of sp³-hybridized carbons (Fsp3) is 0.200. The molecule has 1 N–H and O–H groups in total. The number of rotatable bonds is 2. The summed E-state index contributed by atoms with van der Waals surface area (Å²) < 4.78 is 5.15.